The van der Waals surface area contributed by atoms with E-state index in [4.69, 9.17) is 4.74 Å². The molecule has 1 N–H and O–H groups in total. The third-order valence-corrected chi connectivity index (χ3v) is 4.66. The Labute approximate surface area is 149 Å². The number of rotatable bonds is 5. The van der Waals surface area contributed by atoms with Crippen LogP contribution in [-0.2, 0) is 13.0 Å². The highest BCUT2D eigenvalue weighted by Crippen LogP contribution is 2.29. The minimum absolute atomic E-state index is 0.557. The average molecular weight is 342 g/mol. The summed E-state index contributed by atoms with van der Waals surface area (Å²) in [6.45, 7) is 4.20. The first-order valence-corrected chi connectivity index (χ1v) is 8.54. The van der Waals surface area contributed by atoms with E-state index < -0.39 is 6.10 Å². The second-order valence-electron chi connectivity index (χ2n) is 6.76. The van der Waals surface area contributed by atoms with Crippen molar-refractivity contribution in [2.45, 2.75) is 26.0 Å². The monoisotopic (exact) mass is 342 g/mol. The Balaban J connectivity index is 1.78. The number of fused-ring (bicyclic) bond motifs is 1. The molecule has 0 radical (unpaired) electrons. The van der Waals surface area contributed by atoms with Gasteiger partial charge in [0.05, 0.1) is 18.9 Å². The van der Waals surface area contributed by atoms with Crippen molar-refractivity contribution in [3.63, 3.8) is 0 Å². The van der Waals surface area contributed by atoms with Gasteiger partial charge < -0.3 is 14.7 Å². The molecule has 0 saturated carbocycles. The maximum atomic E-state index is 10.8. The number of aromatic nitrogens is 2. The van der Waals surface area contributed by atoms with Crippen LogP contribution < -0.4 is 9.64 Å². The van der Waals surface area contributed by atoms with Crippen molar-refractivity contribution in [1.29, 1.82) is 0 Å². The first-order valence-electron chi connectivity index (χ1n) is 8.54. The number of hydrogen-bond donors (Lipinski definition) is 1. The summed E-state index contributed by atoms with van der Waals surface area (Å²) in [4.78, 5) is 13.1. The molecule has 1 aromatic carbocycles. The number of β-amino-alcohol motifs (C(OH)–C–C–N with tert-alkyl or cyclic N) is 1. The minimum atomic E-state index is -0.594. The van der Waals surface area contributed by atoms with Crippen molar-refractivity contribution < 1.29 is 9.84 Å². The van der Waals surface area contributed by atoms with Crippen molar-refractivity contribution in [2.75, 3.05) is 39.2 Å². The zero-order valence-electron chi connectivity index (χ0n) is 15.4. The highest BCUT2D eigenvalue weighted by Gasteiger charge is 2.24. The van der Waals surface area contributed by atoms with Gasteiger partial charge in [-0.2, -0.15) is 0 Å². The highest BCUT2D eigenvalue weighted by molar-refractivity contribution is 5.48. The van der Waals surface area contributed by atoms with Gasteiger partial charge in [0.1, 0.15) is 17.9 Å². The van der Waals surface area contributed by atoms with Crippen LogP contribution in [0, 0.1) is 6.92 Å². The Hall–Kier alpha value is -2.18. The Morgan fingerprint density at radius 1 is 1.32 bits per heavy atom. The molecule has 1 aromatic heterocycles. The average Bonchev–Trinajstić information content (AvgIpc) is 2.60. The Morgan fingerprint density at radius 3 is 2.84 bits per heavy atom. The lowest BCUT2D eigenvalue weighted by atomic mass is 10.0. The molecule has 0 spiro atoms. The van der Waals surface area contributed by atoms with Crippen molar-refractivity contribution in [1.82, 2.24) is 14.9 Å². The van der Waals surface area contributed by atoms with Crippen molar-refractivity contribution in [3.05, 3.63) is 46.9 Å². The minimum Gasteiger partial charge on any atom is -0.496 e. The first kappa shape index (κ1) is 17.6. The predicted molar refractivity (Wildman–Crippen MR) is 98.0 cm³/mol. The molecule has 0 amide bonds. The van der Waals surface area contributed by atoms with Gasteiger partial charge in [-0.15, -0.1) is 0 Å². The van der Waals surface area contributed by atoms with Gasteiger partial charge in [0.25, 0.3) is 0 Å². The van der Waals surface area contributed by atoms with Crippen LogP contribution in [0.2, 0.25) is 0 Å². The molecule has 0 unspecified atom stereocenters. The summed E-state index contributed by atoms with van der Waals surface area (Å²) in [6.07, 6.45) is 1.91. The van der Waals surface area contributed by atoms with E-state index in [1.54, 1.807) is 13.4 Å². The van der Waals surface area contributed by atoms with Gasteiger partial charge in [-0.1, -0.05) is 11.6 Å². The molecular weight excluding hydrogens is 316 g/mol. The Morgan fingerprint density at radius 2 is 2.12 bits per heavy atom. The second kappa shape index (κ2) is 7.37. The predicted octanol–water partition coefficient (Wildman–Crippen LogP) is 1.95. The van der Waals surface area contributed by atoms with Gasteiger partial charge in [-0.3, -0.25) is 4.90 Å². The van der Waals surface area contributed by atoms with Gasteiger partial charge in [-0.05, 0) is 19.1 Å². The van der Waals surface area contributed by atoms with Crippen LogP contribution in [0.3, 0.4) is 0 Å². The van der Waals surface area contributed by atoms with E-state index >= 15 is 0 Å². The van der Waals surface area contributed by atoms with Crippen LogP contribution in [0.15, 0.2) is 24.5 Å². The van der Waals surface area contributed by atoms with E-state index in [-0.39, 0.29) is 0 Å². The number of anilines is 1. The summed E-state index contributed by atoms with van der Waals surface area (Å²) >= 11 is 0. The lowest BCUT2D eigenvalue weighted by molar-refractivity contribution is 0.103. The van der Waals surface area contributed by atoms with Crippen molar-refractivity contribution >= 4 is 5.82 Å². The second-order valence-corrected chi connectivity index (χ2v) is 6.76. The quantitative estimate of drug-likeness (QED) is 0.896. The molecule has 134 valence electrons. The van der Waals surface area contributed by atoms with Gasteiger partial charge in [0.2, 0.25) is 0 Å². The summed E-state index contributed by atoms with van der Waals surface area (Å²) in [6, 6.07) is 5.90. The molecule has 0 fully saturated rings. The first-order chi connectivity index (χ1) is 12.0. The van der Waals surface area contributed by atoms with Crippen LogP contribution in [0.5, 0.6) is 5.75 Å². The maximum absolute atomic E-state index is 10.8. The third-order valence-electron chi connectivity index (χ3n) is 4.66. The maximum Gasteiger partial charge on any atom is 0.136 e. The molecule has 25 heavy (non-hydrogen) atoms. The summed E-state index contributed by atoms with van der Waals surface area (Å²) in [5.74, 6) is 1.69. The van der Waals surface area contributed by atoms with Gasteiger partial charge in [0, 0.05) is 51.3 Å². The molecule has 6 heteroatoms. The van der Waals surface area contributed by atoms with E-state index in [0.717, 1.165) is 53.5 Å². The number of hydrogen-bond acceptors (Lipinski definition) is 6. The molecule has 2 heterocycles. The fraction of sp³-hybridized carbons (Fsp3) is 0.474. The molecule has 3 rings (SSSR count). The number of ether oxygens (including phenoxy) is 1. The molecular formula is C19H26N4O2. The summed E-state index contributed by atoms with van der Waals surface area (Å²) < 4.78 is 5.41. The zero-order valence-corrected chi connectivity index (χ0v) is 15.4. The normalized spacial score (nSPS) is 15.6. The lowest BCUT2D eigenvalue weighted by Gasteiger charge is -2.32. The smallest absolute Gasteiger partial charge is 0.136 e. The fourth-order valence-corrected chi connectivity index (χ4v) is 3.38. The van der Waals surface area contributed by atoms with Crippen molar-refractivity contribution in [3.8, 4) is 5.75 Å². The highest BCUT2D eigenvalue weighted by atomic mass is 16.5. The third kappa shape index (κ3) is 3.75. The molecule has 2 aromatic rings. The molecule has 6 nitrogen and oxygen atoms in total. The topological polar surface area (TPSA) is 61.7 Å². The van der Waals surface area contributed by atoms with Gasteiger partial charge in [-0.25, -0.2) is 9.97 Å². The fourth-order valence-electron chi connectivity index (χ4n) is 3.38. The number of aliphatic hydroxyl groups excluding tert-OH is 1. The van der Waals surface area contributed by atoms with Crippen LogP contribution >= 0.6 is 0 Å². The molecule has 1 atom stereocenters. The molecule has 0 saturated heterocycles. The Bertz CT molecular complexity index is 748. The van der Waals surface area contributed by atoms with Gasteiger partial charge >= 0.3 is 0 Å². The number of nitrogens with zero attached hydrogens (tertiary/aromatic N) is 4. The number of methoxy groups -OCH3 is 1. The Kier molecular flexibility index (Phi) is 5.20. The SMILES string of the molecule is COc1ccc(C)cc1[C@@H](O)CN1CCc2ncnc(N(C)C)c2C1. The molecule has 1 aliphatic heterocycles. The number of benzene rings is 1. The molecule has 0 bridgehead atoms. The van der Waals surface area contributed by atoms with E-state index in [2.05, 4.69) is 14.9 Å². The van der Waals surface area contributed by atoms with Crippen LogP contribution in [-0.4, -0.2) is 54.3 Å². The number of aryl methyl sites for hydroxylation is 1. The summed E-state index contributed by atoms with van der Waals surface area (Å²) in [5.41, 5.74) is 4.22. The zero-order chi connectivity index (χ0) is 18.0. The van der Waals surface area contributed by atoms with E-state index in [1.165, 1.54) is 0 Å². The van der Waals surface area contributed by atoms with Gasteiger partial charge in [0.15, 0.2) is 0 Å². The van der Waals surface area contributed by atoms with Crippen LogP contribution in [0.25, 0.3) is 0 Å². The van der Waals surface area contributed by atoms with E-state index in [1.807, 2.05) is 44.1 Å². The van der Waals surface area contributed by atoms with E-state index in [9.17, 15) is 5.11 Å². The summed E-state index contributed by atoms with van der Waals surface area (Å²) in [5, 5.41) is 10.8. The van der Waals surface area contributed by atoms with Crippen LogP contribution in [0.1, 0.15) is 28.5 Å². The summed E-state index contributed by atoms with van der Waals surface area (Å²) in [7, 11) is 5.63. The molecule has 1 aliphatic rings. The lowest BCUT2D eigenvalue weighted by Crippen LogP contribution is -2.35. The van der Waals surface area contributed by atoms with Crippen molar-refractivity contribution in [2.24, 2.45) is 0 Å². The number of aliphatic hydroxyl groups is 1. The van der Waals surface area contributed by atoms with Crippen LogP contribution in [0.4, 0.5) is 5.82 Å². The standard InChI is InChI=1S/C19H26N4O2/c1-13-5-6-18(25-4)14(9-13)17(24)11-23-8-7-16-15(10-23)19(22(2)3)21-12-20-16/h5-6,9,12,17,24H,7-8,10-11H2,1-4H3/t17-/m0/s1. The van der Waals surface area contributed by atoms with E-state index in [0.29, 0.717) is 6.54 Å². The largest absolute Gasteiger partial charge is 0.496 e. The molecule has 0 aliphatic carbocycles.